The van der Waals surface area contributed by atoms with Crippen molar-refractivity contribution in [2.75, 3.05) is 10.6 Å². The fourth-order valence-electron chi connectivity index (χ4n) is 3.38. The van der Waals surface area contributed by atoms with Gasteiger partial charge in [0, 0.05) is 0 Å². The number of benzene rings is 3. The molecule has 0 fully saturated rings. The predicted octanol–water partition coefficient (Wildman–Crippen LogP) is 2.07. The Morgan fingerprint density at radius 3 is 1.91 bits per heavy atom. The first-order chi connectivity index (χ1) is 15.8. The van der Waals surface area contributed by atoms with E-state index in [9.17, 15) is 25.9 Å². The van der Waals surface area contributed by atoms with Crippen LogP contribution in [0.3, 0.4) is 0 Å². The van der Waals surface area contributed by atoms with E-state index in [1.54, 1.807) is 24.3 Å². The first kappa shape index (κ1) is 23.5. The molecular formula is C18H12N4O9S3. The monoisotopic (exact) mass is 524 g/mol. The Morgan fingerprint density at radius 2 is 1.32 bits per heavy atom. The highest BCUT2D eigenvalue weighted by Crippen LogP contribution is 2.45. The highest BCUT2D eigenvalue weighted by atomic mass is 32.2. The van der Waals surface area contributed by atoms with E-state index in [1.807, 2.05) is 0 Å². The van der Waals surface area contributed by atoms with Crippen LogP contribution in [0.1, 0.15) is 0 Å². The van der Waals surface area contributed by atoms with Crippen molar-refractivity contribution in [3.8, 4) is 0 Å². The largest absolute Gasteiger partial charge is 0.425 e. The zero-order chi connectivity index (χ0) is 24.8. The van der Waals surface area contributed by atoms with E-state index < -0.39 is 35.7 Å². The number of nitrogens with one attached hydrogen (secondary N) is 2. The molecule has 176 valence electrons. The highest BCUT2D eigenvalue weighted by molar-refractivity contribution is 7.86. The smallest absolute Gasteiger partial charge is 0.352 e. The minimum absolute atomic E-state index is 0.0118. The van der Waals surface area contributed by atoms with Crippen LogP contribution in [-0.4, -0.2) is 48.5 Å². The van der Waals surface area contributed by atoms with Gasteiger partial charge in [0.15, 0.2) is 0 Å². The maximum Gasteiger partial charge on any atom is 0.425 e. The molecule has 1 aromatic heterocycles. The van der Waals surface area contributed by atoms with E-state index in [2.05, 4.69) is 20.6 Å². The quantitative estimate of drug-likeness (QED) is 0.193. The lowest BCUT2D eigenvalue weighted by Gasteiger charge is -2.25. The fourth-order valence-corrected chi connectivity index (χ4v) is 4.70. The van der Waals surface area contributed by atoms with Gasteiger partial charge in [0.1, 0.15) is 10.4 Å². The van der Waals surface area contributed by atoms with Crippen LogP contribution < -0.4 is 10.6 Å². The number of aromatic nitrogens is 2. The van der Waals surface area contributed by atoms with Gasteiger partial charge in [-0.15, -0.1) is 12.6 Å². The number of nitrogens with zero attached hydrogens (tertiary/aromatic N) is 2. The van der Waals surface area contributed by atoms with Gasteiger partial charge >= 0.3 is 10.6 Å². The molecule has 4 aromatic rings. The van der Waals surface area contributed by atoms with Gasteiger partial charge in [-0.05, 0) is 36.4 Å². The Hall–Kier alpha value is -3.70. The van der Waals surface area contributed by atoms with Gasteiger partial charge in [-0.3, -0.25) is 9.11 Å². The van der Waals surface area contributed by atoms with E-state index in [-0.39, 0.29) is 33.0 Å². The van der Waals surface area contributed by atoms with Gasteiger partial charge in [-0.25, -0.2) is 9.97 Å². The Morgan fingerprint density at radius 1 is 0.706 bits per heavy atom. The van der Waals surface area contributed by atoms with E-state index in [0.717, 1.165) is 6.07 Å². The van der Waals surface area contributed by atoms with Crippen LogP contribution in [0.15, 0.2) is 58.3 Å². The molecule has 4 N–H and O–H groups in total. The lowest BCUT2D eigenvalue weighted by Crippen LogP contribution is -2.13. The van der Waals surface area contributed by atoms with Gasteiger partial charge in [-0.1, -0.05) is 12.1 Å². The van der Waals surface area contributed by atoms with Crippen LogP contribution in [0, 0.1) is 0 Å². The van der Waals surface area contributed by atoms with Crippen LogP contribution in [0.2, 0.25) is 0 Å². The molecule has 34 heavy (non-hydrogen) atoms. The van der Waals surface area contributed by atoms with Gasteiger partial charge in [0.2, 0.25) is 0 Å². The van der Waals surface area contributed by atoms with E-state index in [1.165, 1.54) is 18.2 Å². The summed E-state index contributed by atoms with van der Waals surface area (Å²) >= 11 is 0. The van der Waals surface area contributed by atoms with Crippen LogP contribution in [-0.2, 0) is 30.8 Å². The molecule has 3 aromatic carbocycles. The predicted molar refractivity (Wildman–Crippen MR) is 119 cm³/mol. The molecule has 0 saturated carbocycles. The zero-order valence-corrected chi connectivity index (χ0v) is 18.9. The molecule has 5 rings (SSSR count). The van der Waals surface area contributed by atoms with E-state index in [4.69, 9.17) is 12.6 Å². The summed E-state index contributed by atoms with van der Waals surface area (Å²) < 4.78 is 91.9. The summed E-state index contributed by atoms with van der Waals surface area (Å²) in [6, 6.07) is 12.1. The second-order valence-corrected chi connectivity index (χ2v) is 10.0. The van der Waals surface area contributed by atoms with Gasteiger partial charge in [0.25, 0.3) is 20.2 Å². The first-order valence-electron chi connectivity index (χ1n) is 8.98. The topological polar surface area (TPSA) is 210 Å². The molecule has 0 atom stereocenters. The van der Waals surface area contributed by atoms with Crippen molar-refractivity contribution in [2.24, 2.45) is 0 Å². The average molecular weight is 525 g/mol. The van der Waals surface area contributed by atoms with Crippen molar-refractivity contribution in [1.29, 1.82) is 0 Å². The van der Waals surface area contributed by atoms with E-state index >= 15 is 0 Å². The molecule has 0 unspecified atom stereocenters. The molecule has 0 spiro atoms. The number of para-hydroxylation sites is 2. The Kier molecular flexibility index (Phi) is 5.70. The summed E-state index contributed by atoms with van der Waals surface area (Å²) in [4.78, 5) is 8.02. The zero-order valence-electron chi connectivity index (χ0n) is 16.5. The molecule has 0 bridgehead atoms. The Balaban J connectivity index is 0.000000636. The van der Waals surface area contributed by atoms with Crippen molar-refractivity contribution >= 4 is 75.7 Å². The second-order valence-electron chi connectivity index (χ2n) is 6.82. The lowest BCUT2D eigenvalue weighted by molar-refractivity contribution is 0.481. The van der Waals surface area contributed by atoms with Crippen LogP contribution in [0.4, 0.5) is 22.7 Å². The third-order valence-corrected chi connectivity index (χ3v) is 6.43. The average Bonchev–Trinajstić information content (AvgIpc) is 2.72. The first-order valence-corrected chi connectivity index (χ1v) is 12.9. The Bertz CT molecular complexity index is 1820. The summed E-state index contributed by atoms with van der Waals surface area (Å²) in [7, 11) is -12.3. The summed E-state index contributed by atoms with van der Waals surface area (Å²) in [5.41, 5.74) is 2.09. The minimum atomic E-state index is -4.71. The van der Waals surface area contributed by atoms with Crippen LogP contribution in [0.25, 0.3) is 22.1 Å². The van der Waals surface area contributed by atoms with Gasteiger partial charge in [0.05, 0.1) is 44.2 Å². The van der Waals surface area contributed by atoms with Crippen LogP contribution in [0.5, 0.6) is 0 Å². The molecule has 2 heterocycles. The van der Waals surface area contributed by atoms with Crippen molar-refractivity contribution in [1.82, 2.24) is 9.97 Å². The highest BCUT2D eigenvalue weighted by Gasteiger charge is 2.29. The number of hydrogen-bond acceptors (Lipinski definition) is 11. The van der Waals surface area contributed by atoms with Crippen molar-refractivity contribution in [3.63, 3.8) is 0 Å². The SMILES string of the molecule is O=S(=O)(O)c1ccc2c(c1)Nc1cc3nc4ccccc4nc3c(S(=O)(=O)O)c1N2.O=S(=O)=O. The minimum Gasteiger partial charge on any atom is -0.352 e. The molecule has 0 radical (unpaired) electrons. The summed E-state index contributed by atoms with van der Waals surface area (Å²) in [6.07, 6.45) is 0. The molecule has 1 aliphatic rings. The number of rotatable bonds is 2. The van der Waals surface area contributed by atoms with Gasteiger partial charge in [-0.2, -0.15) is 16.8 Å². The third-order valence-electron chi connectivity index (χ3n) is 4.67. The van der Waals surface area contributed by atoms with Gasteiger partial charge < -0.3 is 10.6 Å². The molecule has 13 nitrogen and oxygen atoms in total. The lowest BCUT2D eigenvalue weighted by atomic mass is 10.1. The molecule has 0 aliphatic carbocycles. The molecule has 0 saturated heterocycles. The second kappa shape index (κ2) is 8.26. The standard InChI is InChI=1S/C18H12N4O6S2.O3S/c23-29(24,25)9-5-6-12-13(7-9)20-15-8-14-16(18(17(15)22-12)30(26,27)28)21-11-4-2-1-3-10(11)19-14;1-4(2)3/h1-8,20,22H,(H,23,24,25)(H,26,27,28);. The van der Waals surface area contributed by atoms with E-state index in [0.29, 0.717) is 16.7 Å². The maximum absolute atomic E-state index is 12.3. The molecular weight excluding hydrogens is 512 g/mol. The third kappa shape index (κ3) is 4.52. The van der Waals surface area contributed by atoms with Crippen molar-refractivity contribution in [2.45, 2.75) is 9.79 Å². The Labute approximate surface area is 193 Å². The summed E-state index contributed by atoms with van der Waals surface area (Å²) in [5, 5.41) is 5.81. The molecule has 0 amide bonds. The van der Waals surface area contributed by atoms with Crippen molar-refractivity contribution in [3.05, 3.63) is 48.5 Å². The normalized spacial score (nSPS) is 12.5. The summed E-state index contributed by atoms with van der Waals surface area (Å²) in [5.74, 6) is 0. The van der Waals surface area contributed by atoms with Crippen LogP contribution >= 0.6 is 0 Å². The number of hydrogen-bond donors (Lipinski definition) is 4. The molecule has 1 aliphatic heterocycles. The summed E-state index contributed by atoms with van der Waals surface area (Å²) in [6.45, 7) is 0. The maximum atomic E-state index is 12.3. The molecule has 16 heteroatoms. The number of fused-ring (bicyclic) bond motifs is 4. The number of anilines is 4. The fraction of sp³-hybridized carbons (Fsp3) is 0. The van der Waals surface area contributed by atoms with Crippen molar-refractivity contribution < 1.29 is 38.6 Å².